The Morgan fingerprint density at radius 2 is 2.08 bits per heavy atom. The second-order valence-electron chi connectivity index (χ2n) is 3.20. The van der Waals surface area contributed by atoms with Crippen LogP contribution < -0.4 is 5.32 Å². The second kappa shape index (κ2) is 3.90. The van der Waals surface area contributed by atoms with E-state index in [2.05, 4.69) is 32.0 Å². The van der Waals surface area contributed by atoms with Gasteiger partial charge in [0.05, 0.1) is 0 Å². The van der Waals surface area contributed by atoms with Crippen molar-refractivity contribution in [2.75, 3.05) is 13.1 Å². The smallest absolute Gasteiger partial charge is 0.0317 e. The average molecular weight is 246 g/mol. The fraction of sp³-hybridized carbons (Fsp3) is 0.556. The van der Waals surface area contributed by atoms with Gasteiger partial charge in [-0.05, 0) is 58.7 Å². The largest absolute Gasteiger partial charge is 0.317 e. The minimum absolute atomic E-state index is 0.784. The van der Waals surface area contributed by atoms with Gasteiger partial charge in [0, 0.05) is 9.85 Å². The minimum Gasteiger partial charge on any atom is -0.317 e. The lowest BCUT2D eigenvalue weighted by atomic mass is 9.92. The van der Waals surface area contributed by atoms with Crippen LogP contribution in [0.2, 0.25) is 0 Å². The molecule has 0 amide bonds. The molecule has 0 bridgehead atoms. The van der Waals surface area contributed by atoms with E-state index in [1.54, 1.807) is 11.3 Å². The molecular weight excluding hydrogens is 234 g/mol. The zero-order valence-corrected chi connectivity index (χ0v) is 9.25. The van der Waals surface area contributed by atoms with Crippen molar-refractivity contribution in [3.05, 3.63) is 20.8 Å². The van der Waals surface area contributed by atoms with Gasteiger partial charge in [-0.25, -0.2) is 0 Å². The molecule has 1 aliphatic rings. The van der Waals surface area contributed by atoms with Crippen LogP contribution in [-0.2, 0) is 0 Å². The molecule has 0 spiro atoms. The molecule has 3 heteroatoms. The highest BCUT2D eigenvalue weighted by Gasteiger charge is 2.17. The maximum absolute atomic E-state index is 3.59. The van der Waals surface area contributed by atoms with E-state index in [1.165, 1.54) is 36.0 Å². The van der Waals surface area contributed by atoms with Gasteiger partial charge in [-0.2, -0.15) is 11.3 Å². The predicted octanol–water partition coefficient (Wildman–Crippen LogP) is 2.98. The molecule has 0 atom stereocenters. The van der Waals surface area contributed by atoms with E-state index < -0.39 is 0 Å². The first-order valence-electron chi connectivity index (χ1n) is 4.30. The summed E-state index contributed by atoms with van der Waals surface area (Å²) in [7, 11) is 0. The fourth-order valence-corrected chi connectivity index (χ4v) is 3.42. The van der Waals surface area contributed by atoms with Gasteiger partial charge in [-0.1, -0.05) is 0 Å². The van der Waals surface area contributed by atoms with Gasteiger partial charge in [0.15, 0.2) is 0 Å². The Morgan fingerprint density at radius 3 is 2.67 bits per heavy atom. The Labute approximate surface area is 85.3 Å². The van der Waals surface area contributed by atoms with Crippen molar-refractivity contribution in [1.29, 1.82) is 0 Å². The molecule has 0 aliphatic carbocycles. The van der Waals surface area contributed by atoms with Gasteiger partial charge in [-0.15, -0.1) is 0 Å². The zero-order valence-electron chi connectivity index (χ0n) is 6.85. The lowest BCUT2D eigenvalue weighted by Crippen LogP contribution is -2.26. The molecule has 2 rings (SSSR count). The Hall–Kier alpha value is 0.140. The molecule has 0 saturated carbocycles. The Balaban J connectivity index is 2.13. The number of nitrogens with one attached hydrogen (secondary N) is 1. The van der Waals surface area contributed by atoms with E-state index in [9.17, 15) is 0 Å². The molecule has 1 saturated heterocycles. The fourth-order valence-electron chi connectivity index (χ4n) is 1.72. The summed E-state index contributed by atoms with van der Waals surface area (Å²) in [6, 6.07) is 0. The summed E-state index contributed by atoms with van der Waals surface area (Å²) < 4.78 is 1.31. The molecule has 0 aromatic carbocycles. The van der Waals surface area contributed by atoms with E-state index in [0.29, 0.717) is 0 Å². The van der Waals surface area contributed by atoms with Gasteiger partial charge in [0.25, 0.3) is 0 Å². The third kappa shape index (κ3) is 1.73. The standard InChI is InChI=1S/C9H12BrNS/c10-9-6-12-5-8(9)7-1-3-11-4-2-7/h5-7,11H,1-4H2. The molecule has 0 unspecified atom stereocenters. The number of thiophene rings is 1. The van der Waals surface area contributed by atoms with Crippen LogP contribution in [0.3, 0.4) is 0 Å². The van der Waals surface area contributed by atoms with Crippen molar-refractivity contribution in [3.8, 4) is 0 Å². The summed E-state index contributed by atoms with van der Waals surface area (Å²) in [5, 5.41) is 7.84. The zero-order chi connectivity index (χ0) is 8.39. The number of halogens is 1. The summed E-state index contributed by atoms with van der Waals surface area (Å²) in [5.41, 5.74) is 1.52. The van der Waals surface area contributed by atoms with Crippen molar-refractivity contribution in [3.63, 3.8) is 0 Å². The van der Waals surface area contributed by atoms with Gasteiger partial charge < -0.3 is 5.32 Å². The lowest BCUT2D eigenvalue weighted by Gasteiger charge is -2.22. The predicted molar refractivity (Wildman–Crippen MR) is 56.9 cm³/mol. The first kappa shape index (κ1) is 8.73. The number of rotatable bonds is 1. The topological polar surface area (TPSA) is 12.0 Å². The average Bonchev–Trinajstić information content (AvgIpc) is 2.53. The highest BCUT2D eigenvalue weighted by atomic mass is 79.9. The van der Waals surface area contributed by atoms with Crippen LogP contribution in [-0.4, -0.2) is 13.1 Å². The summed E-state index contributed by atoms with van der Waals surface area (Å²) in [4.78, 5) is 0. The van der Waals surface area contributed by atoms with Crippen LogP contribution in [0.5, 0.6) is 0 Å². The van der Waals surface area contributed by atoms with E-state index >= 15 is 0 Å². The quantitative estimate of drug-likeness (QED) is 0.803. The van der Waals surface area contributed by atoms with Crippen LogP contribution in [0.15, 0.2) is 15.2 Å². The Bertz CT molecular complexity index is 253. The van der Waals surface area contributed by atoms with Crippen LogP contribution in [0, 0.1) is 0 Å². The summed E-state index contributed by atoms with van der Waals surface area (Å²) in [6.45, 7) is 2.35. The molecule has 1 fully saturated rings. The normalized spacial score (nSPS) is 19.8. The number of piperidine rings is 1. The van der Waals surface area contributed by atoms with Gasteiger partial charge >= 0.3 is 0 Å². The third-order valence-corrected chi connectivity index (χ3v) is 4.17. The van der Waals surface area contributed by atoms with Gasteiger partial charge in [0.1, 0.15) is 0 Å². The van der Waals surface area contributed by atoms with Crippen LogP contribution in [0.25, 0.3) is 0 Å². The highest BCUT2D eigenvalue weighted by Crippen LogP contribution is 2.33. The summed E-state index contributed by atoms with van der Waals surface area (Å²) >= 11 is 5.38. The molecular formula is C9H12BrNS. The van der Waals surface area contributed by atoms with Crippen molar-refractivity contribution in [1.82, 2.24) is 5.32 Å². The number of hydrogen-bond acceptors (Lipinski definition) is 2. The SMILES string of the molecule is Brc1cscc1C1CCNCC1. The van der Waals surface area contributed by atoms with Gasteiger partial charge in [0.2, 0.25) is 0 Å². The van der Waals surface area contributed by atoms with Crippen molar-refractivity contribution in [2.24, 2.45) is 0 Å². The Morgan fingerprint density at radius 1 is 1.33 bits per heavy atom. The molecule has 0 radical (unpaired) electrons. The van der Waals surface area contributed by atoms with E-state index in [0.717, 1.165) is 5.92 Å². The van der Waals surface area contributed by atoms with Crippen molar-refractivity contribution in [2.45, 2.75) is 18.8 Å². The van der Waals surface area contributed by atoms with E-state index in [4.69, 9.17) is 0 Å². The van der Waals surface area contributed by atoms with Crippen molar-refractivity contribution < 1.29 is 0 Å². The molecule has 1 aromatic rings. The second-order valence-corrected chi connectivity index (χ2v) is 4.80. The third-order valence-electron chi connectivity index (χ3n) is 2.42. The first-order valence-corrected chi connectivity index (χ1v) is 6.04. The first-order chi connectivity index (χ1) is 5.88. The maximum atomic E-state index is 3.59. The minimum atomic E-state index is 0.784. The number of hydrogen-bond donors (Lipinski definition) is 1. The molecule has 1 nitrogen and oxygen atoms in total. The van der Waals surface area contributed by atoms with Crippen LogP contribution >= 0.6 is 27.3 Å². The van der Waals surface area contributed by atoms with Crippen molar-refractivity contribution >= 4 is 27.3 Å². The van der Waals surface area contributed by atoms with Crippen LogP contribution in [0.1, 0.15) is 24.3 Å². The molecule has 1 N–H and O–H groups in total. The summed E-state index contributed by atoms with van der Waals surface area (Å²) in [6.07, 6.45) is 2.57. The van der Waals surface area contributed by atoms with Crippen LogP contribution in [0.4, 0.5) is 0 Å². The van der Waals surface area contributed by atoms with E-state index in [-0.39, 0.29) is 0 Å². The Kier molecular flexibility index (Phi) is 2.84. The summed E-state index contributed by atoms with van der Waals surface area (Å²) in [5.74, 6) is 0.784. The molecule has 2 heterocycles. The lowest BCUT2D eigenvalue weighted by molar-refractivity contribution is 0.460. The molecule has 12 heavy (non-hydrogen) atoms. The monoisotopic (exact) mass is 245 g/mol. The molecule has 1 aromatic heterocycles. The van der Waals surface area contributed by atoms with E-state index in [1.807, 2.05) is 0 Å². The molecule has 1 aliphatic heterocycles. The molecule has 66 valence electrons. The van der Waals surface area contributed by atoms with Gasteiger partial charge in [-0.3, -0.25) is 0 Å². The maximum Gasteiger partial charge on any atom is 0.0317 e. The highest BCUT2D eigenvalue weighted by molar-refractivity contribution is 9.10.